The van der Waals surface area contributed by atoms with Crippen molar-refractivity contribution in [3.8, 4) is 0 Å². The summed E-state index contributed by atoms with van der Waals surface area (Å²) in [5.74, 6) is -1.31. The van der Waals surface area contributed by atoms with Crippen molar-refractivity contribution in [2.24, 2.45) is 0 Å². The minimum Gasteiger partial charge on any atom is -0.449 e. The lowest BCUT2D eigenvalue weighted by atomic mass is 10.2. The molecule has 21 heavy (non-hydrogen) atoms. The molecule has 0 fully saturated rings. The number of rotatable bonds is 4. The first kappa shape index (κ1) is 16.5. The van der Waals surface area contributed by atoms with E-state index in [0.29, 0.717) is 5.56 Å². The molecule has 0 saturated carbocycles. The molecule has 0 bridgehead atoms. The van der Waals surface area contributed by atoms with Crippen LogP contribution in [0.2, 0.25) is 0 Å². The van der Waals surface area contributed by atoms with Crippen LogP contribution in [-0.4, -0.2) is 45.2 Å². The molecular weight excluding hydrogens is 274 g/mol. The minimum absolute atomic E-state index is 0.334. The van der Waals surface area contributed by atoms with Gasteiger partial charge in [0.05, 0.1) is 5.56 Å². The van der Waals surface area contributed by atoms with Crippen molar-refractivity contribution in [1.82, 2.24) is 10.6 Å². The Morgan fingerprint density at radius 3 is 2.19 bits per heavy atom. The van der Waals surface area contributed by atoms with Crippen LogP contribution < -0.4 is 15.5 Å². The molecule has 3 amide bonds. The van der Waals surface area contributed by atoms with Gasteiger partial charge in [0.15, 0.2) is 6.10 Å². The predicted molar refractivity (Wildman–Crippen MR) is 78.2 cm³/mol. The van der Waals surface area contributed by atoms with Crippen LogP contribution in [0.15, 0.2) is 24.3 Å². The molecule has 0 saturated heterocycles. The molecule has 1 aromatic rings. The third-order valence-corrected chi connectivity index (χ3v) is 2.74. The number of hydrogen-bond donors (Lipinski definition) is 2. The standard InChI is InChI=1S/C14H19N3O4/c1-9(12(18)16-14(20)15-2)21-13(19)10-5-7-11(8-6-10)17(3)4/h5-9H,1-4H3,(H2,15,16,18,20)/t9-/m1/s1. The van der Waals surface area contributed by atoms with Crippen LogP contribution in [0.5, 0.6) is 0 Å². The zero-order chi connectivity index (χ0) is 16.0. The Kier molecular flexibility index (Phi) is 5.71. The van der Waals surface area contributed by atoms with E-state index in [4.69, 9.17) is 4.74 Å². The number of nitrogens with zero attached hydrogens (tertiary/aromatic N) is 1. The molecular formula is C14H19N3O4. The fraction of sp³-hybridized carbons (Fsp3) is 0.357. The van der Waals surface area contributed by atoms with Gasteiger partial charge in [-0.1, -0.05) is 0 Å². The Morgan fingerprint density at radius 1 is 1.14 bits per heavy atom. The summed E-state index contributed by atoms with van der Waals surface area (Å²) < 4.78 is 5.00. The van der Waals surface area contributed by atoms with Crippen LogP contribution in [0, 0.1) is 0 Å². The lowest BCUT2D eigenvalue weighted by Gasteiger charge is -2.14. The van der Waals surface area contributed by atoms with Gasteiger partial charge in [-0.05, 0) is 31.2 Å². The van der Waals surface area contributed by atoms with Crippen molar-refractivity contribution in [3.05, 3.63) is 29.8 Å². The first-order chi connectivity index (χ1) is 9.85. The van der Waals surface area contributed by atoms with Crippen LogP contribution in [0.4, 0.5) is 10.5 Å². The Labute approximate surface area is 123 Å². The molecule has 114 valence electrons. The molecule has 1 rings (SSSR count). The average molecular weight is 293 g/mol. The summed E-state index contributed by atoms with van der Waals surface area (Å²) in [7, 11) is 5.16. The van der Waals surface area contributed by atoms with E-state index in [1.165, 1.54) is 14.0 Å². The number of esters is 1. The molecule has 0 aliphatic rings. The summed E-state index contributed by atoms with van der Waals surface area (Å²) in [5.41, 5.74) is 1.28. The number of imide groups is 1. The van der Waals surface area contributed by atoms with Crippen molar-refractivity contribution < 1.29 is 19.1 Å². The van der Waals surface area contributed by atoms with Crippen molar-refractivity contribution in [1.29, 1.82) is 0 Å². The van der Waals surface area contributed by atoms with E-state index >= 15 is 0 Å². The number of benzene rings is 1. The molecule has 7 heteroatoms. The monoisotopic (exact) mass is 293 g/mol. The van der Waals surface area contributed by atoms with E-state index < -0.39 is 24.0 Å². The van der Waals surface area contributed by atoms with Crippen LogP contribution in [0.1, 0.15) is 17.3 Å². The SMILES string of the molecule is CNC(=O)NC(=O)[C@@H](C)OC(=O)c1ccc(N(C)C)cc1. The highest BCUT2D eigenvalue weighted by Gasteiger charge is 2.20. The van der Waals surface area contributed by atoms with Gasteiger partial charge in [0.25, 0.3) is 5.91 Å². The summed E-state index contributed by atoms with van der Waals surface area (Å²) in [6, 6.07) is 6.11. The summed E-state index contributed by atoms with van der Waals surface area (Å²) in [5, 5.41) is 4.27. The molecule has 0 spiro atoms. The molecule has 0 aliphatic carbocycles. The zero-order valence-corrected chi connectivity index (χ0v) is 12.5. The Hall–Kier alpha value is -2.57. The predicted octanol–water partition coefficient (Wildman–Crippen LogP) is 0.753. The molecule has 2 N–H and O–H groups in total. The molecule has 0 aliphatic heterocycles. The minimum atomic E-state index is -1.07. The molecule has 1 aromatic carbocycles. The van der Waals surface area contributed by atoms with E-state index in [-0.39, 0.29) is 0 Å². The quantitative estimate of drug-likeness (QED) is 0.800. The second-order valence-electron chi connectivity index (χ2n) is 4.56. The van der Waals surface area contributed by atoms with Crippen molar-refractivity contribution in [3.63, 3.8) is 0 Å². The van der Waals surface area contributed by atoms with Gasteiger partial charge in [0, 0.05) is 26.8 Å². The van der Waals surface area contributed by atoms with Crippen molar-refractivity contribution in [2.45, 2.75) is 13.0 Å². The number of urea groups is 1. The van der Waals surface area contributed by atoms with E-state index in [1.54, 1.807) is 24.3 Å². The number of carbonyl (C=O) groups is 3. The lowest BCUT2D eigenvalue weighted by Crippen LogP contribution is -2.43. The van der Waals surface area contributed by atoms with Gasteiger partial charge in [0.2, 0.25) is 0 Å². The number of amides is 3. The molecule has 7 nitrogen and oxygen atoms in total. The average Bonchev–Trinajstić information content (AvgIpc) is 2.46. The van der Waals surface area contributed by atoms with Gasteiger partial charge < -0.3 is 15.0 Å². The van der Waals surface area contributed by atoms with Crippen LogP contribution in [0.3, 0.4) is 0 Å². The first-order valence-corrected chi connectivity index (χ1v) is 6.36. The molecule has 0 aromatic heterocycles. The van der Waals surface area contributed by atoms with Crippen molar-refractivity contribution in [2.75, 3.05) is 26.0 Å². The normalized spacial score (nSPS) is 11.2. The number of hydrogen-bond acceptors (Lipinski definition) is 5. The number of ether oxygens (including phenoxy) is 1. The summed E-state index contributed by atoms with van der Waals surface area (Å²) >= 11 is 0. The fourth-order valence-electron chi connectivity index (χ4n) is 1.45. The number of anilines is 1. The maximum atomic E-state index is 11.9. The van der Waals surface area contributed by atoms with E-state index in [0.717, 1.165) is 5.69 Å². The largest absolute Gasteiger partial charge is 0.449 e. The first-order valence-electron chi connectivity index (χ1n) is 6.36. The smallest absolute Gasteiger partial charge is 0.338 e. The van der Waals surface area contributed by atoms with Gasteiger partial charge in [-0.3, -0.25) is 10.1 Å². The van der Waals surface area contributed by atoms with Crippen LogP contribution >= 0.6 is 0 Å². The highest BCUT2D eigenvalue weighted by atomic mass is 16.5. The summed E-state index contributed by atoms with van der Waals surface area (Å²) in [4.78, 5) is 36.3. The molecule has 0 unspecified atom stereocenters. The second kappa shape index (κ2) is 7.28. The van der Waals surface area contributed by atoms with Gasteiger partial charge >= 0.3 is 12.0 Å². The lowest BCUT2D eigenvalue weighted by molar-refractivity contribution is -0.127. The fourth-order valence-corrected chi connectivity index (χ4v) is 1.45. The second-order valence-corrected chi connectivity index (χ2v) is 4.56. The van der Waals surface area contributed by atoms with Crippen LogP contribution in [-0.2, 0) is 9.53 Å². The summed E-state index contributed by atoms with van der Waals surface area (Å²) in [6.07, 6.45) is -1.07. The summed E-state index contributed by atoms with van der Waals surface area (Å²) in [6.45, 7) is 1.39. The van der Waals surface area contributed by atoms with Gasteiger partial charge in [0.1, 0.15) is 0 Å². The third kappa shape index (κ3) is 4.79. The third-order valence-electron chi connectivity index (χ3n) is 2.74. The number of carbonyl (C=O) groups excluding carboxylic acids is 3. The Balaban J connectivity index is 2.63. The topological polar surface area (TPSA) is 87.7 Å². The highest BCUT2D eigenvalue weighted by Crippen LogP contribution is 2.13. The molecule has 1 atom stereocenters. The Bertz CT molecular complexity index is 526. The van der Waals surface area contributed by atoms with Crippen LogP contribution in [0.25, 0.3) is 0 Å². The van der Waals surface area contributed by atoms with E-state index in [1.807, 2.05) is 24.3 Å². The van der Waals surface area contributed by atoms with Gasteiger partial charge in [-0.2, -0.15) is 0 Å². The molecule has 0 heterocycles. The highest BCUT2D eigenvalue weighted by molar-refractivity contribution is 5.98. The number of nitrogens with one attached hydrogen (secondary N) is 2. The van der Waals surface area contributed by atoms with Crippen molar-refractivity contribution >= 4 is 23.6 Å². The van der Waals surface area contributed by atoms with Gasteiger partial charge in [-0.25, -0.2) is 9.59 Å². The Morgan fingerprint density at radius 2 is 1.71 bits per heavy atom. The van der Waals surface area contributed by atoms with E-state index in [2.05, 4.69) is 5.32 Å². The maximum absolute atomic E-state index is 11.9. The van der Waals surface area contributed by atoms with E-state index in [9.17, 15) is 14.4 Å². The maximum Gasteiger partial charge on any atom is 0.338 e. The molecule has 0 radical (unpaired) electrons. The van der Waals surface area contributed by atoms with Gasteiger partial charge in [-0.15, -0.1) is 0 Å². The zero-order valence-electron chi connectivity index (χ0n) is 12.5.